The largest absolute Gasteiger partial charge is 0.473 e. The number of ether oxygens (including phenoxy) is 1. The van der Waals surface area contributed by atoms with Gasteiger partial charge >= 0.3 is 0 Å². The fraction of sp³-hybridized carbons (Fsp3) is 0.458. The van der Waals surface area contributed by atoms with Gasteiger partial charge in [0.25, 0.3) is 0 Å². The van der Waals surface area contributed by atoms with Crippen LogP contribution < -0.4 is 15.1 Å². The summed E-state index contributed by atoms with van der Waals surface area (Å²) in [6, 6.07) is 13.2. The topological polar surface area (TPSA) is 98.2 Å². The summed E-state index contributed by atoms with van der Waals surface area (Å²) in [5.41, 5.74) is 3.91. The molecule has 2 amide bonds. The van der Waals surface area contributed by atoms with E-state index in [1.165, 1.54) is 0 Å². The first-order valence-electron chi connectivity index (χ1n) is 11.3. The molecule has 9 heteroatoms. The van der Waals surface area contributed by atoms with Crippen LogP contribution in [0.3, 0.4) is 0 Å². The number of nitrogens with zero attached hydrogens (tertiary/aromatic N) is 4. The number of piperidine rings is 1. The molecular formula is C24H31N5O4. The van der Waals surface area contributed by atoms with Crippen molar-refractivity contribution in [1.82, 2.24) is 20.3 Å². The fourth-order valence-corrected chi connectivity index (χ4v) is 4.76. The van der Waals surface area contributed by atoms with Gasteiger partial charge in [-0.1, -0.05) is 18.2 Å². The van der Waals surface area contributed by atoms with Crippen molar-refractivity contribution in [3.8, 4) is 5.88 Å². The van der Waals surface area contributed by atoms with Gasteiger partial charge < -0.3 is 14.5 Å². The molecular weight excluding hydrogens is 422 g/mol. The molecule has 0 bridgehead atoms. The number of para-hydroxylation sites is 1. The Bertz CT molecular complexity index is 964. The third-order valence-corrected chi connectivity index (χ3v) is 6.45. The third-order valence-electron chi connectivity index (χ3n) is 6.45. The predicted molar refractivity (Wildman–Crippen MR) is 123 cm³/mol. The maximum atomic E-state index is 13.5. The summed E-state index contributed by atoms with van der Waals surface area (Å²) in [4.78, 5) is 36.2. The summed E-state index contributed by atoms with van der Waals surface area (Å²) >= 11 is 0. The van der Waals surface area contributed by atoms with Crippen LogP contribution in [0.5, 0.6) is 5.88 Å². The molecule has 33 heavy (non-hydrogen) atoms. The molecule has 176 valence electrons. The number of nitrogens with one attached hydrogen (secondary N) is 1. The maximum absolute atomic E-state index is 13.5. The van der Waals surface area contributed by atoms with Crippen LogP contribution in [0.4, 0.5) is 5.69 Å². The Balaban J connectivity index is 1.43. The first-order chi connectivity index (χ1) is 16.0. The minimum absolute atomic E-state index is 0.0917. The molecule has 0 aliphatic carbocycles. The quantitative estimate of drug-likeness (QED) is 0.520. The van der Waals surface area contributed by atoms with Crippen molar-refractivity contribution in [3.63, 3.8) is 0 Å². The van der Waals surface area contributed by atoms with E-state index in [4.69, 9.17) is 4.74 Å². The number of pyridine rings is 1. The minimum Gasteiger partial charge on any atom is -0.473 e. The molecule has 9 nitrogen and oxygen atoms in total. The second-order valence-corrected chi connectivity index (χ2v) is 8.76. The zero-order chi connectivity index (χ0) is 23.4. The first kappa shape index (κ1) is 23.0. The Morgan fingerprint density at radius 1 is 1.12 bits per heavy atom. The zero-order valence-corrected chi connectivity index (χ0v) is 19.1. The number of aromatic nitrogens is 1. The van der Waals surface area contributed by atoms with Gasteiger partial charge in [0.05, 0.1) is 5.92 Å². The standard InChI is InChI=1S/C24H31N5O4/c1-17-8-9-25-21(14-17)33-19-15-20(23(30)26-32)22(27(2)16-19)24(31)29-12-10-28(11-13-29)18-6-4-3-5-7-18/h3-9,14,19-20,22,32H,10-13,15-16H2,1-2H3,(H,26,30)/t19-,20-,22-/m0/s1. The predicted octanol–water partition coefficient (Wildman–Crippen LogP) is 1.31. The SMILES string of the molecule is Cc1ccnc(O[C@H]2C[C@H](C(=O)NO)[C@@H](C(=O)N3CCN(c4ccccc4)CC3)N(C)C2)c1. The smallest absolute Gasteiger partial charge is 0.248 e. The lowest BCUT2D eigenvalue weighted by atomic mass is 9.86. The maximum Gasteiger partial charge on any atom is 0.248 e. The molecule has 0 spiro atoms. The van der Waals surface area contributed by atoms with Gasteiger partial charge in [-0.25, -0.2) is 10.5 Å². The summed E-state index contributed by atoms with van der Waals surface area (Å²) in [5.74, 6) is -0.916. The van der Waals surface area contributed by atoms with E-state index in [2.05, 4.69) is 22.0 Å². The summed E-state index contributed by atoms with van der Waals surface area (Å²) in [5, 5.41) is 9.35. The number of hydrogen-bond donors (Lipinski definition) is 2. The number of likely N-dealkylation sites (tertiary alicyclic amines) is 1. The van der Waals surface area contributed by atoms with Gasteiger partial charge in [0, 0.05) is 50.7 Å². The molecule has 2 aliphatic rings. The van der Waals surface area contributed by atoms with E-state index in [1.807, 2.05) is 54.1 Å². The lowest BCUT2D eigenvalue weighted by Crippen LogP contribution is -2.62. The number of carbonyl (C=O) groups is 2. The van der Waals surface area contributed by atoms with Crippen LogP contribution >= 0.6 is 0 Å². The molecule has 2 fully saturated rings. The van der Waals surface area contributed by atoms with E-state index in [1.54, 1.807) is 11.7 Å². The highest BCUT2D eigenvalue weighted by molar-refractivity contribution is 5.90. The number of aryl methyl sites for hydroxylation is 1. The van der Waals surface area contributed by atoms with Crippen molar-refractivity contribution in [2.24, 2.45) is 5.92 Å². The molecule has 3 heterocycles. The molecule has 0 saturated carbocycles. The van der Waals surface area contributed by atoms with Crippen molar-refractivity contribution in [1.29, 1.82) is 0 Å². The molecule has 4 rings (SSSR count). The monoisotopic (exact) mass is 453 g/mol. The summed E-state index contributed by atoms with van der Waals surface area (Å²) in [7, 11) is 1.82. The summed E-state index contributed by atoms with van der Waals surface area (Å²) in [6.45, 7) is 5.06. The molecule has 2 N–H and O–H groups in total. The highest BCUT2D eigenvalue weighted by Gasteiger charge is 2.45. The average molecular weight is 454 g/mol. The molecule has 0 unspecified atom stereocenters. The Labute approximate surface area is 193 Å². The van der Waals surface area contributed by atoms with E-state index in [0.29, 0.717) is 31.9 Å². The van der Waals surface area contributed by atoms with Crippen LogP contribution in [0.25, 0.3) is 0 Å². The van der Waals surface area contributed by atoms with E-state index in [0.717, 1.165) is 24.3 Å². The molecule has 2 aliphatic heterocycles. The average Bonchev–Trinajstić information content (AvgIpc) is 2.83. The lowest BCUT2D eigenvalue weighted by Gasteiger charge is -2.44. The molecule has 1 aromatic carbocycles. The van der Waals surface area contributed by atoms with Gasteiger partial charge in [0.1, 0.15) is 12.1 Å². The first-order valence-corrected chi connectivity index (χ1v) is 11.3. The van der Waals surface area contributed by atoms with E-state index in [9.17, 15) is 14.8 Å². The number of hydrogen-bond acceptors (Lipinski definition) is 7. The normalized spacial score (nSPS) is 23.8. The van der Waals surface area contributed by atoms with Crippen molar-refractivity contribution < 1.29 is 19.5 Å². The Morgan fingerprint density at radius 2 is 1.85 bits per heavy atom. The molecule has 1 aromatic heterocycles. The van der Waals surface area contributed by atoms with Crippen molar-refractivity contribution in [2.45, 2.75) is 25.5 Å². The third kappa shape index (κ3) is 5.26. The van der Waals surface area contributed by atoms with E-state index < -0.39 is 17.9 Å². The molecule has 2 aromatic rings. The van der Waals surface area contributed by atoms with Crippen LogP contribution in [-0.4, -0.2) is 83.7 Å². The van der Waals surface area contributed by atoms with Crippen LogP contribution in [0.2, 0.25) is 0 Å². The minimum atomic E-state index is -0.733. The van der Waals surface area contributed by atoms with Gasteiger partial charge in [-0.3, -0.25) is 19.7 Å². The number of amides is 2. The van der Waals surface area contributed by atoms with E-state index in [-0.39, 0.29) is 12.0 Å². The van der Waals surface area contributed by atoms with Gasteiger partial charge in [-0.2, -0.15) is 0 Å². The van der Waals surface area contributed by atoms with Crippen LogP contribution in [-0.2, 0) is 9.59 Å². The molecule has 0 radical (unpaired) electrons. The molecule has 2 saturated heterocycles. The number of rotatable bonds is 5. The van der Waals surface area contributed by atoms with Crippen molar-refractivity contribution >= 4 is 17.5 Å². The van der Waals surface area contributed by atoms with Crippen molar-refractivity contribution in [2.75, 3.05) is 44.7 Å². The second-order valence-electron chi connectivity index (χ2n) is 8.76. The number of piperazine rings is 1. The molecule has 3 atom stereocenters. The lowest BCUT2D eigenvalue weighted by molar-refractivity contribution is -0.151. The van der Waals surface area contributed by atoms with E-state index >= 15 is 0 Å². The second kappa shape index (κ2) is 10.2. The van der Waals surface area contributed by atoms with Gasteiger partial charge in [-0.15, -0.1) is 0 Å². The Hall–Kier alpha value is -3.17. The zero-order valence-electron chi connectivity index (χ0n) is 19.1. The number of likely N-dealkylation sites (N-methyl/N-ethyl adjacent to an activating group) is 1. The number of hydroxylamine groups is 1. The Kier molecular flexibility index (Phi) is 7.10. The van der Waals surface area contributed by atoms with Gasteiger partial charge in [0.15, 0.2) is 0 Å². The van der Waals surface area contributed by atoms with Gasteiger partial charge in [0.2, 0.25) is 17.7 Å². The van der Waals surface area contributed by atoms with Gasteiger partial charge in [-0.05, 0) is 44.2 Å². The van der Waals surface area contributed by atoms with Crippen LogP contribution in [0.15, 0.2) is 48.7 Å². The highest BCUT2D eigenvalue weighted by Crippen LogP contribution is 2.28. The summed E-state index contributed by atoms with van der Waals surface area (Å²) in [6.07, 6.45) is 1.66. The number of anilines is 1. The highest BCUT2D eigenvalue weighted by atomic mass is 16.5. The number of benzene rings is 1. The summed E-state index contributed by atoms with van der Waals surface area (Å²) < 4.78 is 6.02. The Morgan fingerprint density at radius 3 is 2.52 bits per heavy atom. The van der Waals surface area contributed by atoms with Crippen LogP contribution in [0, 0.1) is 12.8 Å². The number of carbonyl (C=O) groups excluding carboxylic acids is 2. The van der Waals surface area contributed by atoms with Crippen molar-refractivity contribution in [3.05, 3.63) is 54.2 Å². The van der Waals surface area contributed by atoms with Crippen LogP contribution in [0.1, 0.15) is 12.0 Å². The fourth-order valence-electron chi connectivity index (χ4n) is 4.76.